The van der Waals surface area contributed by atoms with Crippen LogP contribution in [0.1, 0.15) is 27.6 Å². The number of amides is 2. The second-order valence-electron chi connectivity index (χ2n) is 7.53. The number of anilines is 2. The normalized spacial score (nSPS) is 15.9. The molecular formula is C25H21ClN2O3. The summed E-state index contributed by atoms with van der Waals surface area (Å²) in [6.07, 6.45) is 0. The van der Waals surface area contributed by atoms with Crippen molar-refractivity contribution in [3.63, 3.8) is 0 Å². The maximum absolute atomic E-state index is 13.3. The minimum absolute atomic E-state index is 0.116. The zero-order valence-corrected chi connectivity index (χ0v) is 17.8. The predicted molar refractivity (Wildman–Crippen MR) is 122 cm³/mol. The van der Waals surface area contributed by atoms with Crippen molar-refractivity contribution >= 4 is 40.6 Å². The van der Waals surface area contributed by atoms with Gasteiger partial charge < -0.3 is 9.80 Å². The van der Waals surface area contributed by atoms with E-state index < -0.39 is 5.92 Å². The largest absolute Gasteiger partial charge is 0.306 e. The van der Waals surface area contributed by atoms with Gasteiger partial charge in [0.2, 0.25) is 5.91 Å². The Hall–Kier alpha value is -3.44. The average Bonchev–Trinajstić information content (AvgIpc) is 2.90. The smallest absolute Gasteiger partial charge is 0.258 e. The molecule has 1 aliphatic heterocycles. The summed E-state index contributed by atoms with van der Waals surface area (Å²) in [5, 5.41) is 0.538. The van der Waals surface area contributed by atoms with Crippen LogP contribution in [0.5, 0.6) is 0 Å². The molecule has 3 aromatic rings. The summed E-state index contributed by atoms with van der Waals surface area (Å²) in [5.41, 5.74) is 2.17. The van der Waals surface area contributed by atoms with Gasteiger partial charge in [-0.1, -0.05) is 48.9 Å². The number of halogens is 1. The Morgan fingerprint density at radius 2 is 1.48 bits per heavy atom. The summed E-state index contributed by atoms with van der Waals surface area (Å²) in [7, 11) is 0. The van der Waals surface area contributed by atoms with Gasteiger partial charge in [-0.2, -0.15) is 0 Å². The molecule has 2 amide bonds. The second-order valence-corrected chi connectivity index (χ2v) is 7.96. The van der Waals surface area contributed by atoms with Crippen LogP contribution < -0.4 is 9.80 Å². The number of carbonyl (C=O) groups excluding carboxylic acids is 3. The van der Waals surface area contributed by atoms with E-state index in [0.717, 1.165) is 0 Å². The Kier molecular flexibility index (Phi) is 5.87. The van der Waals surface area contributed by atoms with Crippen molar-refractivity contribution in [3.05, 3.63) is 95.0 Å². The third kappa shape index (κ3) is 4.23. The first-order valence-corrected chi connectivity index (χ1v) is 10.4. The Bertz CT molecular complexity index is 1130. The number of hydrogen-bond donors (Lipinski definition) is 0. The monoisotopic (exact) mass is 432 g/mol. The van der Waals surface area contributed by atoms with Crippen LogP contribution in [0.15, 0.2) is 78.9 Å². The number of carbonyl (C=O) groups is 3. The molecule has 1 aliphatic rings. The summed E-state index contributed by atoms with van der Waals surface area (Å²) < 4.78 is 0. The molecule has 0 N–H and O–H groups in total. The van der Waals surface area contributed by atoms with E-state index in [2.05, 4.69) is 0 Å². The number of ketones is 1. The molecular weight excluding hydrogens is 412 g/mol. The highest BCUT2D eigenvalue weighted by Gasteiger charge is 2.34. The highest BCUT2D eigenvalue weighted by molar-refractivity contribution is 6.30. The maximum atomic E-state index is 13.3. The summed E-state index contributed by atoms with van der Waals surface area (Å²) in [5.74, 6) is -1.05. The number of hydrogen-bond acceptors (Lipinski definition) is 3. The number of fused-ring (bicyclic) bond motifs is 1. The lowest BCUT2D eigenvalue weighted by molar-refractivity contribution is -0.121. The van der Waals surface area contributed by atoms with Crippen LogP contribution in [0.4, 0.5) is 11.4 Å². The minimum atomic E-state index is -0.474. The van der Waals surface area contributed by atoms with Crippen molar-refractivity contribution in [2.45, 2.75) is 6.92 Å². The maximum Gasteiger partial charge on any atom is 0.258 e. The SMILES string of the molecule is CC1CN(C(=O)c2ccccc2)c2ccccc2N(CC(=O)c2ccc(Cl)cc2)C1=O. The molecule has 4 rings (SSSR count). The van der Waals surface area contributed by atoms with Gasteiger partial charge in [-0.25, -0.2) is 0 Å². The lowest BCUT2D eigenvalue weighted by atomic mass is 10.1. The molecule has 0 saturated carbocycles. The predicted octanol–water partition coefficient (Wildman–Crippen LogP) is 4.85. The topological polar surface area (TPSA) is 57.7 Å². The fraction of sp³-hybridized carbons (Fsp3) is 0.160. The first-order valence-electron chi connectivity index (χ1n) is 10.0. The van der Waals surface area contributed by atoms with Gasteiger partial charge in [-0.3, -0.25) is 14.4 Å². The fourth-order valence-electron chi connectivity index (χ4n) is 3.72. The molecule has 5 nitrogen and oxygen atoms in total. The highest BCUT2D eigenvalue weighted by atomic mass is 35.5. The lowest BCUT2D eigenvalue weighted by Crippen LogP contribution is -2.40. The zero-order chi connectivity index (χ0) is 22.0. The summed E-state index contributed by atoms with van der Waals surface area (Å²) in [6, 6.07) is 22.8. The van der Waals surface area contributed by atoms with Crippen molar-refractivity contribution in [1.29, 1.82) is 0 Å². The van der Waals surface area contributed by atoms with Crippen LogP contribution in [0.3, 0.4) is 0 Å². The fourth-order valence-corrected chi connectivity index (χ4v) is 3.84. The summed E-state index contributed by atoms with van der Waals surface area (Å²) in [6.45, 7) is 1.89. The number of rotatable bonds is 4. The van der Waals surface area contributed by atoms with Crippen LogP contribution in [0.2, 0.25) is 5.02 Å². The van der Waals surface area contributed by atoms with E-state index >= 15 is 0 Å². The molecule has 6 heteroatoms. The Morgan fingerprint density at radius 3 is 2.16 bits per heavy atom. The van der Waals surface area contributed by atoms with E-state index in [1.165, 1.54) is 4.90 Å². The number of Topliss-reactive ketones (excluding diaryl/α,β-unsaturated/α-hetero) is 1. The molecule has 1 atom stereocenters. The van der Waals surface area contributed by atoms with E-state index in [1.54, 1.807) is 66.4 Å². The summed E-state index contributed by atoms with van der Waals surface area (Å²) in [4.78, 5) is 42.5. The molecule has 0 aromatic heterocycles. The molecule has 156 valence electrons. The van der Waals surface area contributed by atoms with Crippen molar-refractivity contribution in [2.75, 3.05) is 22.9 Å². The van der Waals surface area contributed by atoms with Gasteiger partial charge in [0.05, 0.1) is 23.8 Å². The van der Waals surface area contributed by atoms with Gasteiger partial charge in [0.25, 0.3) is 5.91 Å². The molecule has 0 aliphatic carbocycles. The first-order chi connectivity index (χ1) is 15.0. The van der Waals surface area contributed by atoms with Crippen LogP contribution in [0.25, 0.3) is 0 Å². The van der Waals surface area contributed by atoms with Crippen LogP contribution in [0, 0.1) is 5.92 Å². The van der Waals surface area contributed by atoms with Crippen molar-refractivity contribution in [2.24, 2.45) is 5.92 Å². The first kappa shape index (κ1) is 20.8. The van der Waals surface area contributed by atoms with Gasteiger partial charge in [-0.15, -0.1) is 0 Å². The minimum Gasteiger partial charge on any atom is -0.306 e. The van der Waals surface area contributed by atoms with E-state index in [9.17, 15) is 14.4 Å². The van der Waals surface area contributed by atoms with Crippen LogP contribution in [-0.4, -0.2) is 30.7 Å². The number of benzene rings is 3. The molecule has 0 bridgehead atoms. The van der Waals surface area contributed by atoms with Crippen LogP contribution in [-0.2, 0) is 4.79 Å². The molecule has 0 radical (unpaired) electrons. The average molecular weight is 433 g/mol. The molecule has 1 unspecified atom stereocenters. The van der Waals surface area contributed by atoms with E-state index in [4.69, 9.17) is 11.6 Å². The van der Waals surface area contributed by atoms with Gasteiger partial charge in [0.15, 0.2) is 5.78 Å². The number of nitrogens with zero attached hydrogens (tertiary/aromatic N) is 2. The third-order valence-corrected chi connectivity index (χ3v) is 5.59. The zero-order valence-electron chi connectivity index (χ0n) is 17.0. The van der Waals surface area contributed by atoms with Gasteiger partial charge in [0, 0.05) is 22.7 Å². The second kappa shape index (κ2) is 8.74. The molecule has 1 heterocycles. The number of para-hydroxylation sites is 2. The van der Waals surface area contributed by atoms with E-state index in [-0.39, 0.29) is 30.7 Å². The molecule has 0 spiro atoms. The Labute approximate surface area is 185 Å². The third-order valence-electron chi connectivity index (χ3n) is 5.34. The van der Waals surface area contributed by atoms with Crippen molar-refractivity contribution in [3.8, 4) is 0 Å². The van der Waals surface area contributed by atoms with E-state index in [0.29, 0.717) is 27.5 Å². The molecule has 0 fully saturated rings. The Balaban J connectivity index is 1.72. The standard InChI is InChI=1S/C25H21ClN2O3/c1-17-15-27(25(31)19-7-3-2-4-8-19)21-9-5-6-10-22(21)28(24(17)30)16-23(29)18-11-13-20(26)14-12-18/h2-14,17H,15-16H2,1H3. The molecule has 3 aromatic carbocycles. The van der Waals surface area contributed by atoms with Gasteiger partial charge in [-0.05, 0) is 48.5 Å². The van der Waals surface area contributed by atoms with Crippen molar-refractivity contribution < 1.29 is 14.4 Å². The van der Waals surface area contributed by atoms with Gasteiger partial charge in [0.1, 0.15) is 0 Å². The Morgan fingerprint density at radius 1 is 0.871 bits per heavy atom. The molecule has 31 heavy (non-hydrogen) atoms. The summed E-state index contributed by atoms with van der Waals surface area (Å²) >= 11 is 5.92. The van der Waals surface area contributed by atoms with E-state index in [1.807, 2.05) is 24.3 Å². The quantitative estimate of drug-likeness (QED) is 0.553. The van der Waals surface area contributed by atoms with Gasteiger partial charge >= 0.3 is 0 Å². The van der Waals surface area contributed by atoms with Crippen LogP contribution >= 0.6 is 11.6 Å². The highest BCUT2D eigenvalue weighted by Crippen LogP contribution is 2.35. The van der Waals surface area contributed by atoms with Crippen molar-refractivity contribution in [1.82, 2.24) is 0 Å². The molecule has 0 saturated heterocycles. The lowest BCUT2D eigenvalue weighted by Gasteiger charge is -2.25.